The normalized spacial score (nSPS) is 10.4. The van der Waals surface area contributed by atoms with Crippen molar-refractivity contribution in [3.05, 3.63) is 48.0 Å². The van der Waals surface area contributed by atoms with Crippen molar-refractivity contribution in [2.75, 3.05) is 0 Å². The maximum atomic E-state index is 12.7. The van der Waals surface area contributed by atoms with E-state index in [0.717, 1.165) is 11.1 Å². The van der Waals surface area contributed by atoms with Gasteiger partial charge in [0.1, 0.15) is 5.82 Å². The van der Waals surface area contributed by atoms with Gasteiger partial charge in [-0.2, -0.15) is 0 Å². The van der Waals surface area contributed by atoms with Crippen molar-refractivity contribution in [3.8, 4) is 0 Å². The molecule has 0 unspecified atom stereocenters. The molecule has 0 amide bonds. The van der Waals surface area contributed by atoms with Gasteiger partial charge < -0.3 is 0 Å². The molecular weight excluding hydrogens is 207 g/mol. The lowest BCUT2D eigenvalue weighted by atomic mass is 10.1. The highest BCUT2D eigenvalue weighted by Gasteiger charge is 2.07. The number of hydrogen-bond acceptors (Lipinski definition) is 3. The first-order chi connectivity index (χ1) is 7.66. The molecule has 0 radical (unpaired) electrons. The second-order valence-electron chi connectivity index (χ2n) is 3.53. The molecule has 0 aliphatic heterocycles. The lowest BCUT2D eigenvalue weighted by Gasteiger charge is -2.03. The summed E-state index contributed by atoms with van der Waals surface area (Å²) in [5.41, 5.74) is 1.79. The first-order valence-electron chi connectivity index (χ1n) is 4.82. The third kappa shape index (κ3) is 2.13. The van der Waals surface area contributed by atoms with Crippen LogP contribution < -0.4 is 0 Å². The molecule has 5 heteroatoms. The van der Waals surface area contributed by atoms with E-state index < -0.39 is 0 Å². The van der Waals surface area contributed by atoms with Crippen LogP contribution in [-0.4, -0.2) is 20.2 Å². The lowest BCUT2D eigenvalue weighted by Crippen LogP contribution is -2.00. The van der Waals surface area contributed by atoms with Crippen LogP contribution in [0.5, 0.6) is 0 Å². The number of benzene rings is 1. The molecule has 1 aromatic heterocycles. The summed E-state index contributed by atoms with van der Waals surface area (Å²) >= 11 is 0. The van der Waals surface area contributed by atoms with E-state index in [0.29, 0.717) is 12.2 Å². The molecule has 2 aromatic rings. The van der Waals surface area contributed by atoms with Gasteiger partial charge in [0.15, 0.2) is 5.82 Å². The van der Waals surface area contributed by atoms with Crippen molar-refractivity contribution < 1.29 is 4.39 Å². The highest BCUT2D eigenvalue weighted by Crippen LogP contribution is 2.14. The molecule has 2 rings (SSSR count). The maximum absolute atomic E-state index is 12.7. The average Bonchev–Trinajstić information content (AvgIpc) is 2.68. The fourth-order valence-electron chi connectivity index (χ4n) is 1.46. The third-order valence-corrected chi connectivity index (χ3v) is 2.27. The highest BCUT2D eigenvalue weighted by atomic mass is 19.1. The summed E-state index contributed by atoms with van der Waals surface area (Å²) < 4.78 is 14.3. The van der Waals surface area contributed by atoms with Crippen LogP contribution in [0.2, 0.25) is 0 Å². The van der Waals surface area contributed by atoms with Crippen LogP contribution >= 0.6 is 0 Å². The standard InChI is InChI=1S/C11H11FN4/c1-8(11-13-14-15-16(11)2)7-9-3-5-10(12)6-4-9/h3-6H,1,7H2,2H3. The Morgan fingerprint density at radius 3 is 2.62 bits per heavy atom. The van der Waals surface area contributed by atoms with Crippen LogP contribution in [0.1, 0.15) is 11.4 Å². The minimum absolute atomic E-state index is 0.241. The van der Waals surface area contributed by atoms with Gasteiger partial charge >= 0.3 is 0 Å². The quantitative estimate of drug-likeness (QED) is 0.786. The zero-order chi connectivity index (χ0) is 11.5. The number of aryl methyl sites for hydroxylation is 1. The molecule has 0 aliphatic carbocycles. The molecule has 1 heterocycles. The molecule has 0 spiro atoms. The Kier molecular flexibility index (Phi) is 2.76. The maximum Gasteiger partial charge on any atom is 0.177 e. The molecule has 4 nitrogen and oxygen atoms in total. The van der Waals surface area contributed by atoms with Crippen molar-refractivity contribution in [2.24, 2.45) is 7.05 Å². The van der Waals surface area contributed by atoms with Crippen LogP contribution in [0.15, 0.2) is 30.8 Å². The summed E-state index contributed by atoms with van der Waals surface area (Å²) in [5, 5.41) is 11.1. The number of aromatic nitrogens is 4. The molecular formula is C11H11FN4. The Morgan fingerprint density at radius 1 is 1.38 bits per heavy atom. The van der Waals surface area contributed by atoms with Gasteiger partial charge in [-0.3, -0.25) is 0 Å². The van der Waals surface area contributed by atoms with E-state index in [4.69, 9.17) is 0 Å². The molecule has 0 aliphatic rings. The van der Waals surface area contributed by atoms with E-state index >= 15 is 0 Å². The molecule has 0 atom stereocenters. The second kappa shape index (κ2) is 4.22. The van der Waals surface area contributed by atoms with Crippen molar-refractivity contribution >= 4 is 5.57 Å². The van der Waals surface area contributed by atoms with Gasteiger partial charge in [0.2, 0.25) is 0 Å². The molecule has 82 valence electrons. The Hall–Kier alpha value is -2.04. The summed E-state index contributed by atoms with van der Waals surface area (Å²) in [4.78, 5) is 0. The average molecular weight is 218 g/mol. The third-order valence-electron chi connectivity index (χ3n) is 2.27. The minimum Gasteiger partial charge on any atom is -0.229 e. The van der Waals surface area contributed by atoms with Gasteiger partial charge in [-0.15, -0.1) is 5.10 Å². The van der Waals surface area contributed by atoms with E-state index in [9.17, 15) is 4.39 Å². The lowest BCUT2D eigenvalue weighted by molar-refractivity contribution is 0.627. The summed E-state index contributed by atoms with van der Waals surface area (Å²) in [6.07, 6.45) is 0.606. The van der Waals surface area contributed by atoms with Crippen LogP contribution in [0.3, 0.4) is 0 Å². The Morgan fingerprint density at radius 2 is 2.06 bits per heavy atom. The van der Waals surface area contributed by atoms with Gasteiger partial charge in [-0.05, 0) is 33.7 Å². The van der Waals surface area contributed by atoms with E-state index in [1.165, 1.54) is 12.1 Å². The summed E-state index contributed by atoms with van der Waals surface area (Å²) in [7, 11) is 1.76. The fourth-order valence-corrected chi connectivity index (χ4v) is 1.46. The van der Waals surface area contributed by atoms with E-state index in [1.807, 2.05) is 0 Å². The summed E-state index contributed by atoms with van der Waals surface area (Å²) in [5.74, 6) is 0.402. The molecule has 0 saturated carbocycles. The van der Waals surface area contributed by atoms with E-state index in [-0.39, 0.29) is 5.82 Å². The highest BCUT2D eigenvalue weighted by molar-refractivity contribution is 5.59. The first kappa shape index (κ1) is 10.5. The van der Waals surface area contributed by atoms with Gasteiger partial charge in [0, 0.05) is 13.5 Å². The largest absolute Gasteiger partial charge is 0.229 e. The smallest absolute Gasteiger partial charge is 0.177 e. The fraction of sp³-hybridized carbons (Fsp3) is 0.182. The topological polar surface area (TPSA) is 43.6 Å². The summed E-state index contributed by atoms with van der Waals surface area (Å²) in [6.45, 7) is 3.92. The molecule has 0 bridgehead atoms. The van der Waals surface area contributed by atoms with Crippen LogP contribution in [-0.2, 0) is 13.5 Å². The van der Waals surface area contributed by atoms with Gasteiger partial charge in [0.25, 0.3) is 0 Å². The zero-order valence-electron chi connectivity index (χ0n) is 8.89. The monoisotopic (exact) mass is 218 g/mol. The van der Waals surface area contributed by atoms with Crippen LogP contribution in [0.25, 0.3) is 5.57 Å². The Labute approximate surface area is 92.4 Å². The second-order valence-corrected chi connectivity index (χ2v) is 3.53. The SMILES string of the molecule is C=C(Cc1ccc(F)cc1)c1nnnn1C. The van der Waals surface area contributed by atoms with Crippen LogP contribution in [0, 0.1) is 5.82 Å². The number of rotatable bonds is 3. The zero-order valence-corrected chi connectivity index (χ0v) is 8.89. The molecule has 0 fully saturated rings. The van der Waals surface area contributed by atoms with Crippen LogP contribution in [0.4, 0.5) is 4.39 Å². The number of allylic oxidation sites excluding steroid dienone is 1. The first-order valence-corrected chi connectivity index (χ1v) is 4.82. The molecule has 1 aromatic carbocycles. The van der Waals surface area contributed by atoms with E-state index in [2.05, 4.69) is 22.1 Å². The van der Waals surface area contributed by atoms with Crippen molar-refractivity contribution in [1.29, 1.82) is 0 Å². The number of nitrogens with zero attached hydrogens (tertiary/aromatic N) is 4. The number of hydrogen-bond donors (Lipinski definition) is 0. The van der Waals surface area contributed by atoms with E-state index in [1.54, 1.807) is 23.9 Å². The minimum atomic E-state index is -0.241. The predicted molar refractivity (Wildman–Crippen MR) is 57.9 cm³/mol. The molecule has 0 N–H and O–H groups in total. The van der Waals surface area contributed by atoms with Gasteiger partial charge in [-0.1, -0.05) is 18.7 Å². The van der Waals surface area contributed by atoms with Crippen molar-refractivity contribution in [1.82, 2.24) is 20.2 Å². The molecule has 0 saturated heterocycles. The van der Waals surface area contributed by atoms with Gasteiger partial charge in [0.05, 0.1) is 0 Å². The van der Waals surface area contributed by atoms with Crippen molar-refractivity contribution in [2.45, 2.75) is 6.42 Å². The van der Waals surface area contributed by atoms with Crippen molar-refractivity contribution in [3.63, 3.8) is 0 Å². The molecule has 16 heavy (non-hydrogen) atoms. The Bertz CT molecular complexity index is 501. The summed E-state index contributed by atoms with van der Waals surface area (Å²) in [6, 6.07) is 6.31. The van der Waals surface area contributed by atoms with Gasteiger partial charge in [-0.25, -0.2) is 9.07 Å². The number of halogens is 1. The predicted octanol–water partition coefficient (Wildman–Crippen LogP) is 1.61. The Balaban J connectivity index is 2.14. The number of tetrazole rings is 1.